The molecular formula is C15H26NO2PS2Se. The van der Waals surface area contributed by atoms with E-state index in [4.69, 9.17) is 20.9 Å². The summed E-state index contributed by atoms with van der Waals surface area (Å²) in [6.45, 7) is 8.99. The van der Waals surface area contributed by atoms with E-state index in [2.05, 4.69) is 43.3 Å². The molecular weight excluding hydrogens is 400 g/mol. The molecule has 1 rings (SSSR count). The number of rotatable bonds is 9. The van der Waals surface area contributed by atoms with Crippen molar-refractivity contribution in [3.05, 3.63) is 29.8 Å². The van der Waals surface area contributed by atoms with Crippen LogP contribution in [0.15, 0.2) is 24.3 Å². The fourth-order valence-electron chi connectivity index (χ4n) is 1.72. The molecule has 7 heteroatoms. The number of benzene rings is 1. The maximum absolute atomic E-state index is 5.96. The summed E-state index contributed by atoms with van der Waals surface area (Å²) in [6, 6.07) is 8.56. The molecule has 0 heterocycles. The summed E-state index contributed by atoms with van der Waals surface area (Å²) in [5.41, 5.74) is -0.930. The van der Waals surface area contributed by atoms with Gasteiger partial charge in [0.1, 0.15) is 0 Å². The summed E-state index contributed by atoms with van der Waals surface area (Å²) in [5, 5.41) is 0. The second-order valence-corrected chi connectivity index (χ2v) is 16.2. The Morgan fingerprint density at radius 3 is 2.18 bits per heavy atom. The zero-order valence-corrected chi connectivity index (χ0v) is 18.3. The van der Waals surface area contributed by atoms with E-state index in [1.807, 2.05) is 27.7 Å². The van der Waals surface area contributed by atoms with Gasteiger partial charge in [-0.2, -0.15) is 0 Å². The molecule has 0 atom stereocenters. The Hall–Kier alpha value is 0.619. The van der Waals surface area contributed by atoms with Gasteiger partial charge in [-0.3, -0.25) is 0 Å². The van der Waals surface area contributed by atoms with Gasteiger partial charge in [-0.25, -0.2) is 0 Å². The zero-order valence-electron chi connectivity index (χ0n) is 14.1. The Balaban J connectivity index is 2.82. The molecule has 0 amide bonds. The first-order valence-electron chi connectivity index (χ1n) is 7.27. The fraction of sp³-hybridized carbons (Fsp3) is 0.600. The molecule has 22 heavy (non-hydrogen) atoms. The molecule has 3 nitrogen and oxygen atoms in total. The normalized spacial score (nSPS) is 12.6. The third kappa shape index (κ3) is 7.94. The van der Waals surface area contributed by atoms with E-state index in [1.165, 1.54) is 10.0 Å². The van der Waals surface area contributed by atoms with Crippen LogP contribution in [-0.2, 0) is 27.4 Å². The quantitative estimate of drug-likeness (QED) is 0.441. The first-order valence-corrected chi connectivity index (χ1v) is 14.2. The average Bonchev–Trinajstić information content (AvgIpc) is 2.35. The maximum atomic E-state index is 5.96. The van der Waals surface area contributed by atoms with Crippen molar-refractivity contribution >= 4 is 45.6 Å². The summed E-state index contributed by atoms with van der Waals surface area (Å²) < 4.78 is 13.3. The van der Waals surface area contributed by atoms with Gasteiger partial charge in [0.2, 0.25) is 0 Å². The molecule has 0 aromatic heterocycles. The van der Waals surface area contributed by atoms with Crippen molar-refractivity contribution in [2.75, 3.05) is 14.1 Å². The Kier molecular flexibility index (Phi) is 9.21. The molecule has 0 aliphatic carbocycles. The molecule has 0 spiro atoms. The van der Waals surface area contributed by atoms with Gasteiger partial charge in [0.15, 0.2) is 0 Å². The molecule has 0 saturated carbocycles. The first kappa shape index (κ1) is 20.7. The Labute approximate surface area is 149 Å². The second-order valence-electron chi connectivity index (χ2n) is 5.76. The van der Waals surface area contributed by atoms with E-state index in [-0.39, 0.29) is 26.0 Å². The standard InChI is InChI=1S/C15H26NO2PS2Se/c1-12(2)17-19(20,18-13(3)4)21-22-15-10-8-7-9-14(15)11-16(5)6/h7-10,12-13H,11H2,1-6H3. The molecule has 0 radical (unpaired) electrons. The summed E-state index contributed by atoms with van der Waals surface area (Å²) in [4.78, 5) is 2.19. The van der Waals surface area contributed by atoms with Gasteiger partial charge in [0.25, 0.3) is 0 Å². The van der Waals surface area contributed by atoms with E-state index in [9.17, 15) is 0 Å². The van der Waals surface area contributed by atoms with Crippen LogP contribution in [0.4, 0.5) is 0 Å². The second kappa shape index (κ2) is 9.80. The van der Waals surface area contributed by atoms with Gasteiger partial charge in [-0.15, -0.1) is 0 Å². The molecule has 0 N–H and O–H groups in total. The van der Waals surface area contributed by atoms with Crippen molar-refractivity contribution in [3.8, 4) is 0 Å². The van der Waals surface area contributed by atoms with Crippen LogP contribution in [0.3, 0.4) is 0 Å². The molecule has 0 aliphatic rings. The molecule has 0 aliphatic heterocycles. The van der Waals surface area contributed by atoms with Crippen molar-refractivity contribution in [2.45, 2.75) is 46.4 Å². The van der Waals surface area contributed by atoms with E-state index < -0.39 is 5.69 Å². The number of nitrogens with zero attached hydrogens (tertiary/aromatic N) is 1. The molecule has 0 bridgehead atoms. The van der Waals surface area contributed by atoms with Gasteiger partial charge in [-0.1, -0.05) is 0 Å². The molecule has 0 unspecified atom stereocenters. The first-order chi connectivity index (χ1) is 10.2. The Morgan fingerprint density at radius 2 is 1.68 bits per heavy atom. The Bertz CT molecular complexity index is 498. The molecule has 126 valence electrons. The van der Waals surface area contributed by atoms with Crippen molar-refractivity contribution in [3.63, 3.8) is 0 Å². The van der Waals surface area contributed by atoms with Crippen LogP contribution in [0.1, 0.15) is 33.3 Å². The van der Waals surface area contributed by atoms with E-state index in [0.717, 1.165) is 6.54 Å². The average molecular weight is 426 g/mol. The number of hydrogen-bond donors (Lipinski definition) is 0. The van der Waals surface area contributed by atoms with Crippen LogP contribution in [0, 0.1) is 0 Å². The van der Waals surface area contributed by atoms with Crippen LogP contribution >= 0.6 is 15.5 Å². The number of hydrogen-bond acceptors (Lipinski definition) is 5. The molecule has 1 aromatic rings. The summed E-state index contributed by atoms with van der Waals surface area (Å²) in [5.74, 6) is 0. The molecule has 1 aromatic carbocycles. The molecule has 0 fully saturated rings. The van der Waals surface area contributed by atoms with Crippen molar-refractivity contribution < 1.29 is 9.05 Å². The van der Waals surface area contributed by atoms with E-state index >= 15 is 0 Å². The topological polar surface area (TPSA) is 21.7 Å². The van der Waals surface area contributed by atoms with Crippen molar-refractivity contribution in [2.24, 2.45) is 0 Å². The molecule has 0 saturated heterocycles. The van der Waals surface area contributed by atoms with Crippen LogP contribution in [0.25, 0.3) is 0 Å². The van der Waals surface area contributed by atoms with E-state index in [0.29, 0.717) is 0 Å². The van der Waals surface area contributed by atoms with Gasteiger partial charge in [0, 0.05) is 0 Å². The van der Waals surface area contributed by atoms with Crippen LogP contribution in [0.5, 0.6) is 0 Å². The van der Waals surface area contributed by atoms with Gasteiger partial charge in [0.05, 0.1) is 0 Å². The SMILES string of the molecule is CC(C)OP(=S)(OC(C)C)S[Se]c1ccccc1CN(C)C. The summed E-state index contributed by atoms with van der Waals surface area (Å²) in [7, 11) is 5.88. The minimum absolute atomic E-state index is 0.0879. The van der Waals surface area contributed by atoms with Gasteiger partial charge < -0.3 is 0 Å². The van der Waals surface area contributed by atoms with Crippen LogP contribution < -0.4 is 4.46 Å². The fourth-order valence-corrected chi connectivity index (χ4v) is 13.5. The zero-order chi connectivity index (χ0) is 16.8. The Morgan fingerprint density at radius 1 is 1.14 bits per heavy atom. The summed E-state index contributed by atoms with van der Waals surface area (Å²) in [6.07, 6.45) is 0.176. The third-order valence-corrected chi connectivity index (χ3v) is 15.6. The third-order valence-electron chi connectivity index (χ3n) is 2.36. The van der Waals surface area contributed by atoms with E-state index in [1.54, 1.807) is 9.80 Å². The van der Waals surface area contributed by atoms with Gasteiger partial charge >= 0.3 is 150 Å². The van der Waals surface area contributed by atoms with Crippen molar-refractivity contribution in [1.82, 2.24) is 4.90 Å². The monoisotopic (exact) mass is 427 g/mol. The summed E-state index contributed by atoms with van der Waals surface area (Å²) >= 11 is 5.91. The predicted molar refractivity (Wildman–Crippen MR) is 104 cm³/mol. The van der Waals surface area contributed by atoms with Crippen LogP contribution in [0.2, 0.25) is 0 Å². The predicted octanol–water partition coefficient (Wildman–Crippen LogP) is 3.80. The van der Waals surface area contributed by atoms with Crippen molar-refractivity contribution in [1.29, 1.82) is 0 Å². The van der Waals surface area contributed by atoms with Crippen LogP contribution in [-0.4, -0.2) is 45.0 Å². The van der Waals surface area contributed by atoms with Gasteiger partial charge in [-0.05, 0) is 0 Å². The minimum atomic E-state index is -2.29.